The maximum Gasteiger partial charge on any atom is 0.148 e. The van der Waals surface area contributed by atoms with Crippen molar-refractivity contribution in [3.63, 3.8) is 0 Å². The number of rotatable bonds is 7. The van der Waals surface area contributed by atoms with E-state index in [1.54, 1.807) is 0 Å². The van der Waals surface area contributed by atoms with Gasteiger partial charge in [-0.1, -0.05) is 35.9 Å². The molecule has 1 heterocycles. The standard InChI is InChI=1S/C19H22ClN3O/c1-22(2)12-7-13-23-17-10-5-4-9-16(17)21-19(23)14-24-18-11-6-3-8-15(18)20/h3-6,8-11H,7,12-14H2,1-2H3. The van der Waals surface area contributed by atoms with Gasteiger partial charge in [0, 0.05) is 6.54 Å². The van der Waals surface area contributed by atoms with Crippen LogP contribution in [0.5, 0.6) is 5.75 Å². The first-order valence-electron chi connectivity index (χ1n) is 8.11. The Hall–Kier alpha value is -2.04. The van der Waals surface area contributed by atoms with Crippen LogP contribution in [-0.4, -0.2) is 35.1 Å². The molecular formula is C19H22ClN3O. The normalized spacial score (nSPS) is 11.3. The van der Waals surface area contributed by atoms with Gasteiger partial charge in [0.05, 0.1) is 16.1 Å². The molecule has 0 aliphatic heterocycles. The highest BCUT2D eigenvalue weighted by Crippen LogP contribution is 2.25. The van der Waals surface area contributed by atoms with Gasteiger partial charge in [-0.15, -0.1) is 0 Å². The summed E-state index contributed by atoms with van der Waals surface area (Å²) in [5.74, 6) is 1.61. The van der Waals surface area contributed by atoms with Gasteiger partial charge in [0.1, 0.15) is 18.2 Å². The number of para-hydroxylation sites is 3. The molecule has 0 amide bonds. The van der Waals surface area contributed by atoms with Crippen molar-refractivity contribution >= 4 is 22.6 Å². The van der Waals surface area contributed by atoms with E-state index < -0.39 is 0 Å². The van der Waals surface area contributed by atoms with Gasteiger partial charge in [0.15, 0.2) is 0 Å². The summed E-state index contributed by atoms with van der Waals surface area (Å²) in [4.78, 5) is 6.93. The number of hydrogen-bond donors (Lipinski definition) is 0. The average molecular weight is 344 g/mol. The van der Waals surface area contributed by atoms with Gasteiger partial charge in [-0.2, -0.15) is 0 Å². The Morgan fingerprint density at radius 3 is 2.62 bits per heavy atom. The van der Waals surface area contributed by atoms with E-state index in [9.17, 15) is 0 Å². The fraction of sp³-hybridized carbons (Fsp3) is 0.316. The molecule has 0 aliphatic rings. The first-order chi connectivity index (χ1) is 11.6. The van der Waals surface area contributed by atoms with E-state index in [0.717, 1.165) is 36.4 Å². The minimum absolute atomic E-state index is 0.403. The Bertz CT molecular complexity index is 813. The highest BCUT2D eigenvalue weighted by molar-refractivity contribution is 6.32. The van der Waals surface area contributed by atoms with Crippen LogP contribution in [0, 0.1) is 0 Å². The summed E-state index contributed by atoms with van der Waals surface area (Å²) in [6.07, 6.45) is 1.06. The van der Waals surface area contributed by atoms with Crippen molar-refractivity contribution in [2.24, 2.45) is 0 Å². The summed E-state index contributed by atoms with van der Waals surface area (Å²) >= 11 is 6.17. The minimum atomic E-state index is 0.403. The monoisotopic (exact) mass is 343 g/mol. The van der Waals surface area contributed by atoms with E-state index in [1.165, 1.54) is 0 Å². The SMILES string of the molecule is CN(C)CCCn1c(COc2ccccc2Cl)nc2ccccc21. The smallest absolute Gasteiger partial charge is 0.148 e. The largest absolute Gasteiger partial charge is 0.484 e. The number of fused-ring (bicyclic) bond motifs is 1. The molecule has 0 bridgehead atoms. The highest BCUT2D eigenvalue weighted by atomic mass is 35.5. The zero-order valence-corrected chi connectivity index (χ0v) is 14.8. The van der Waals surface area contributed by atoms with Crippen molar-refractivity contribution in [1.82, 2.24) is 14.5 Å². The predicted octanol–water partition coefficient (Wildman–Crippen LogP) is 4.22. The van der Waals surface area contributed by atoms with E-state index in [0.29, 0.717) is 17.4 Å². The second kappa shape index (κ2) is 7.69. The summed E-state index contributed by atoms with van der Waals surface area (Å²) in [7, 11) is 4.18. The van der Waals surface area contributed by atoms with Crippen molar-refractivity contribution in [1.29, 1.82) is 0 Å². The Kier molecular flexibility index (Phi) is 5.38. The first-order valence-corrected chi connectivity index (χ1v) is 8.49. The molecule has 0 spiro atoms. The Labute approximate surface area is 147 Å². The third-order valence-corrected chi connectivity index (χ3v) is 4.23. The average Bonchev–Trinajstić information content (AvgIpc) is 2.92. The molecule has 0 radical (unpaired) electrons. The van der Waals surface area contributed by atoms with E-state index in [2.05, 4.69) is 29.6 Å². The van der Waals surface area contributed by atoms with Gasteiger partial charge in [-0.3, -0.25) is 0 Å². The third kappa shape index (κ3) is 3.89. The maximum atomic E-state index is 6.17. The number of ether oxygens (including phenoxy) is 1. The molecule has 3 aromatic rings. The fourth-order valence-electron chi connectivity index (χ4n) is 2.73. The highest BCUT2D eigenvalue weighted by Gasteiger charge is 2.11. The number of halogens is 1. The van der Waals surface area contributed by atoms with Gasteiger partial charge in [-0.05, 0) is 51.3 Å². The zero-order valence-electron chi connectivity index (χ0n) is 14.1. The van der Waals surface area contributed by atoms with Gasteiger partial charge in [0.2, 0.25) is 0 Å². The number of nitrogens with zero attached hydrogens (tertiary/aromatic N) is 3. The Balaban J connectivity index is 1.82. The summed E-state index contributed by atoms with van der Waals surface area (Å²) in [5.41, 5.74) is 2.15. The molecule has 1 aromatic heterocycles. The van der Waals surface area contributed by atoms with Crippen LogP contribution in [0.15, 0.2) is 48.5 Å². The van der Waals surface area contributed by atoms with Crippen LogP contribution in [0.1, 0.15) is 12.2 Å². The van der Waals surface area contributed by atoms with Crippen LogP contribution in [-0.2, 0) is 13.2 Å². The number of imidazole rings is 1. The van der Waals surface area contributed by atoms with E-state index in [4.69, 9.17) is 21.3 Å². The zero-order chi connectivity index (χ0) is 16.9. The summed E-state index contributed by atoms with van der Waals surface area (Å²) in [6, 6.07) is 15.7. The Morgan fingerprint density at radius 1 is 1.08 bits per heavy atom. The molecule has 5 heteroatoms. The third-order valence-electron chi connectivity index (χ3n) is 3.91. The topological polar surface area (TPSA) is 30.3 Å². The molecule has 0 saturated carbocycles. The number of aryl methyl sites for hydroxylation is 1. The molecule has 126 valence electrons. The van der Waals surface area contributed by atoms with Crippen LogP contribution in [0.3, 0.4) is 0 Å². The first kappa shape index (κ1) is 16.8. The molecule has 3 rings (SSSR count). The van der Waals surface area contributed by atoms with Gasteiger partial charge in [-0.25, -0.2) is 4.98 Å². The Morgan fingerprint density at radius 2 is 1.83 bits per heavy atom. The van der Waals surface area contributed by atoms with E-state index in [-0.39, 0.29) is 0 Å². The summed E-state index contributed by atoms with van der Waals surface area (Å²) in [6.45, 7) is 2.36. The lowest BCUT2D eigenvalue weighted by molar-refractivity contribution is 0.288. The minimum Gasteiger partial charge on any atom is -0.484 e. The number of aromatic nitrogens is 2. The van der Waals surface area contributed by atoms with Crippen LogP contribution in [0.25, 0.3) is 11.0 Å². The van der Waals surface area contributed by atoms with Crippen molar-refractivity contribution in [2.45, 2.75) is 19.6 Å². The molecule has 0 unspecified atom stereocenters. The molecule has 0 fully saturated rings. The van der Waals surface area contributed by atoms with Crippen LogP contribution >= 0.6 is 11.6 Å². The second-order valence-electron chi connectivity index (χ2n) is 6.04. The van der Waals surface area contributed by atoms with E-state index >= 15 is 0 Å². The maximum absolute atomic E-state index is 6.17. The fourth-order valence-corrected chi connectivity index (χ4v) is 2.92. The second-order valence-corrected chi connectivity index (χ2v) is 6.45. The quantitative estimate of drug-likeness (QED) is 0.643. The lowest BCUT2D eigenvalue weighted by Crippen LogP contribution is -2.16. The van der Waals surface area contributed by atoms with Gasteiger partial charge in [0.25, 0.3) is 0 Å². The van der Waals surface area contributed by atoms with Crippen molar-refractivity contribution < 1.29 is 4.74 Å². The molecule has 0 N–H and O–H groups in total. The van der Waals surface area contributed by atoms with Crippen molar-refractivity contribution in [2.75, 3.05) is 20.6 Å². The molecule has 0 aliphatic carbocycles. The molecule has 0 atom stereocenters. The summed E-state index contributed by atoms with van der Waals surface area (Å²) in [5, 5.41) is 0.618. The molecule has 0 saturated heterocycles. The van der Waals surface area contributed by atoms with Gasteiger partial charge < -0.3 is 14.2 Å². The lowest BCUT2D eigenvalue weighted by Gasteiger charge is -2.13. The molecule has 24 heavy (non-hydrogen) atoms. The van der Waals surface area contributed by atoms with Crippen molar-refractivity contribution in [3.8, 4) is 5.75 Å². The van der Waals surface area contributed by atoms with Gasteiger partial charge >= 0.3 is 0 Å². The number of hydrogen-bond acceptors (Lipinski definition) is 3. The number of benzene rings is 2. The molecule has 4 nitrogen and oxygen atoms in total. The van der Waals surface area contributed by atoms with Crippen LogP contribution in [0.4, 0.5) is 0 Å². The van der Waals surface area contributed by atoms with E-state index in [1.807, 2.05) is 42.5 Å². The predicted molar refractivity (Wildman–Crippen MR) is 98.7 cm³/mol. The van der Waals surface area contributed by atoms with Crippen molar-refractivity contribution in [3.05, 3.63) is 59.4 Å². The lowest BCUT2D eigenvalue weighted by atomic mass is 10.3. The molecular weight excluding hydrogens is 322 g/mol. The van der Waals surface area contributed by atoms with Crippen LogP contribution < -0.4 is 4.74 Å². The van der Waals surface area contributed by atoms with Crippen LogP contribution in [0.2, 0.25) is 5.02 Å². The summed E-state index contributed by atoms with van der Waals surface area (Å²) < 4.78 is 8.14. The molecule has 2 aromatic carbocycles.